The van der Waals surface area contributed by atoms with E-state index in [9.17, 15) is 4.79 Å². The van der Waals surface area contributed by atoms with E-state index in [2.05, 4.69) is 73.6 Å². The van der Waals surface area contributed by atoms with Crippen molar-refractivity contribution in [1.29, 1.82) is 0 Å². The molecular formula is C26H31N7O2. The van der Waals surface area contributed by atoms with Crippen LogP contribution in [0, 0.1) is 13.8 Å². The van der Waals surface area contributed by atoms with Gasteiger partial charge in [-0.2, -0.15) is 0 Å². The molecule has 0 saturated carbocycles. The molecule has 0 radical (unpaired) electrons. The molecule has 4 aromatic rings. The Bertz CT molecular complexity index is 1360. The Morgan fingerprint density at radius 2 is 1.83 bits per heavy atom. The SMILES string of the molecule is COCCn1nnnc1[C@@H](c1cc2cc(C)cc(C)c2[nH]c1=O)N1CCN(c2ccccc2)CC1. The number of nitrogens with one attached hydrogen (secondary N) is 1. The van der Waals surface area contributed by atoms with Crippen LogP contribution in [0.5, 0.6) is 0 Å². The molecule has 0 aliphatic carbocycles. The normalized spacial score (nSPS) is 15.6. The second-order valence-electron chi connectivity index (χ2n) is 9.11. The molecule has 0 spiro atoms. The molecule has 35 heavy (non-hydrogen) atoms. The Hall–Kier alpha value is -3.56. The second kappa shape index (κ2) is 9.97. The van der Waals surface area contributed by atoms with E-state index in [0.717, 1.165) is 48.2 Å². The molecule has 0 unspecified atom stereocenters. The standard InChI is InChI=1S/C26H31N7O2/c1-18-15-19(2)23-20(16-18)17-22(26(34)27-23)24(25-28-29-30-33(25)13-14-35-3)32-11-9-31(10-12-32)21-7-5-4-6-8-21/h4-8,15-17,24H,9-14H2,1-3H3,(H,27,34)/t24-/m1/s1. The number of rotatable bonds is 7. The minimum absolute atomic E-state index is 0.110. The topological polar surface area (TPSA) is 92.2 Å². The van der Waals surface area contributed by atoms with E-state index < -0.39 is 0 Å². The third kappa shape index (κ3) is 4.69. The minimum Gasteiger partial charge on any atom is -0.383 e. The van der Waals surface area contributed by atoms with E-state index in [-0.39, 0.29) is 11.6 Å². The molecule has 1 saturated heterocycles. The highest BCUT2D eigenvalue weighted by Gasteiger charge is 2.32. The highest BCUT2D eigenvalue weighted by molar-refractivity contribution is 5.83. The Morgan fingerprint density at radius 3 is 2.57 bits per heavy atom. The average molecular weight is 474 g/mol. The number of hydrogen-bond donors (Lipinski definition) is 1. The van der Waals surface area contributed by atoms with Crippen molar-refractivity contribution in [2.24, 2.45) is 0 Å². The van der Waals surface area contributed by atoms with Crippen molar-refractivity contribution in [3.63, 3.8) is 0 Å². The number of aromatic nitrogens is 5. The van der Waals surface area contributed by atoms with Crippen LogP contribution >= 0.6 is 0 Å². The van der Waals surface area contributed by atoms with E-state index in [1.54, 1.807) is 11.8 Å². The van der Waals surface area contributed by atoms with E-state index >= 15 is 0 Å². The Kier molecular flexibility index (Phi) is 6.61. The summed E-state index contributed by atoms with van der Waals surface area (Å²) >= 11 is 0. The molecule has 5 rings (SSSR count). The summed E-state index contributed by atoms with van der Waals surface area (Å²) in [7, 11) is 1.66. The Balaban J connectivity index is 1.55. The minimum atomic E-state index is -0.367. The maximum Gasteiger partial charge on any atom is 0.253 e. The molecule has 182 valence electrons. The summed E-state index contributed by atoms with van der Waals surface area (Å²) < 4.78 is 7.02. The molecule has 2 aromatic carbocycles. The van der Waals surface area contributed by atoms with Gasteiger partial charge < -0.3 is 14.6 Å². The number of nitrogens with zero attached hydrogens (tertiary/aromatic N) is 6. The van der Waals surface area contributed by atoms with Crippen LogP contribution in [0.3, 0.4) is 0 Å². The highest BCUT2D eigenvalue weighted by atomic mass is 16.5. The van der Waals surface area contributed by atoms with Crippen molar-refractivity contribution >= 4 is 16.6 Å². The second-order valence-corrected chi connectivity index (χ2v) is 9.11. The van der Waals surface area contributed by atoms with Crippen LogP contribution in [0.2, 0.25) is 0 Å². The van der Waals surface area contributed by atoms with Crippen molar-refractivity contribution < 1.29 is 4.74 Å². The summed E-state index contributed by atoms with van der Waals surface area (Å²) in [6.45, 7) is 8.36. The van der Waals surface area contributed by atoms with Gasteiger partial charge in [0.1, 0.15) is 6.04 Å². The summed E-state index contributed by atoms with van der Waals surface area (Å²) in [5, 5.41) is 13.6. The van der Waals surface area contributed by atoms with Gasteiger partial charge in [-0.15, -0.1) is 5.10 Å². The molecule has 0 amide bonds. The van der Waals surface area contributed by atoms with Crippen molar-refractivity contribution in [2.75, 3.05) is 44.8 Å². The van der Waals surface area contributed by atoms with Gasteiger partial charge in [-0.3, -0.25) is 9.69 Å². The van der Waals surface area contributed by atoms with Crippen LogP contribution in [0.4, 0.5) is 5.69 Å². The summed E-state index contributed by atoms with van der Waals surface area (Å²) in [6, 6.07) is 16.3. The van der Waals surface area contributed by atoms with Crippen LogP contribution in [0.25, 0.3) is 10.9 Å². The van der Waals surface area contributed by atoms with Gasteiger partial charge in [0.05, 0.1) is 18.7 Å². The number of aryl methyl sites for hydroxylation is 2. The van der Waals surface area contributed by atoms with E-state index in [1.165, 1.54) is 5.69 Å². The van der Waals surface area contributed by atoms with Gasteiger partial charge in [0.25, 0.3) is 5.56 Å². The lowest BCUT2D eigenvalue weighted by Gasteiger charge is -2.39. The van der Waals surface area contributed by atoms with Crippen molar-refractivity contribution in [2.45, 2.75) is 26.4 Å². The summed E-state index contributed by atoms with van der Waals surface area (Å²) in [5.41, 5.74) is 4.84. The van der Waals surface area contributed by atoms with Crippen molar-refractivity contribution in [3.05, 3.63) is 81.4 Å². The Morgan fingerprint density at radius 1 is 1.06 bits per heavy atom. The highest BCUT2D eigenvalue weighted by Crippen LogP contribution is 2.29. The number of benzene rings is 2. The third-order valence-corrected chi connectivity index (χ3v) is 6.73. The molecule has 3 heterocycles. The number of fused-ring (bicyclic) bond motifs is 1. The average Bonchev–Trinajstić information content (AvgIpc) is 3.33. The number of tetrazole rings is 1. The summed E-state index contributed by atoms with van der Waals surface area (Å²) in [6.07, 6.45) is 0. The zero-order valence-electron chi connectivity index (χ0n) is 20.4. The van der Waals surface area contributed by atoms with Crippen molar-refractivity contribution in [1.82, 2.24) is 30.1 Å². The first-order chi connectivity index (χ1) is 17.0. The maximum atomic E-state index is 13.5. The van der Waals surface area contributed by atoms with Crippen LogP contribution in [-0.4, -0.2) is 70.0 Å². The van der Waals surface area contributed by atoms with Gasteiger partial charge in [0.2, 0.25) is 0 Å². The third-order valence-electron chi connectivity index (χ3n) is 6.73. The lowest BCUT2D eigenvalue weighted by atomic mass is 10.00. The molecule has 1 aliphatic heterocycles. The van der Waals surface area contributed by atoms with E-state index in [4.69, 9.17) is 4.74 Å². The lowest BCUT2D eigenvalue weighted by Crippen LogP contribution is -2.49. The number of ether oxygens (including phenoxy) is 1. The molecular weight excluding hydrogens is 442 g/mol. The molecule has 1 N–H and O–H groups in total. The van der Waals surface area contributed by atoms with Gasteiger partial charge in [0, 0.05) is 44.5 Å². The first kappa shape index (κ1) is 23.2. The molecule has 9 nitrogen and oxygen atoms in total. The van der Waals surface area contributed by atoms with Gasteiger partial charge >= 0.3 is 0 Å². The molecule has 0 bridgehead atoms. The zero-order valence-corrected chi connectivity index (χ0v) is 20.4. The first-order valence-electron chi connectivity index (χ1n) is 12.0. The molecule has 2 aromatic heterocycles. The van der Waals surface area contributed by atoms with E-state index in [1.807, 2.05) is 19.1 Å². The van der Waals surface area contributed by atoms with Crippen LogP contribution in [0.15, 0.2) is 53.3 Å². The van der Waals surface area contributed by atoms with Gasteiger partial charge in [-0.05, 0) is 59.5 Å². The fraction of sp³-hybridized carbons (Fsp3) is 0.385. The zero-order chi connectivity index (χ0) is 24.4. The summed E-state index contributed by atoms with van der Waals surface area (Å²) in [4.78, 5) is 21.3. The van der Waals surface area contributed by atoms with Crippen LogP contribution < -0.4 is 10.5 Å². The van der Waals surface area contributed by atoms with E-state index in [0.29, 0.717) is 24.5 Å². The monoisotopic (exact) mass is 473 g/mol. The number of hydrogen-bond acceptors (Lipinski definition) is 7. The smallest absolute Gasteiger partial charge is 0.253 e. The number of H-pyrrole nitrogens is 1. The Labute approximate surface area is 204 Å². The first-order valence-corrected chi connectivity index (χ1v) is 12.0. The molecule has 1 atom stereocenters. The fourth-order valence-electron chi connectivity index (χ4n) is 5.03. The number of methoxy groups -OCH3 is 1. The molecule has 9 heteroatoms. The van der Waals surface area contributed by atoms with Gasteiger partial charge in [-0.25, -0.2) is 4.68 Å². The maximum absolute atomic E-state index is 13.5. The van der Waals surface area contributed by atoms with Crippen LogP contribution in [0.1, 0.15) is 28.6 Å². The van der Waals surface area contributed by atoms with Gasteiger partial charge in [0.15, 0.2) is 5.82 Å². The number of aromatic amines is 1. The van der Waals surface area contributed by atoms with Crippen molar-refractivity contribution in [3.8, 4) is 0 Å². The number of para-hydroxylation sites is 1. The number of pyridine rings is 1. The lowest BCUT2D eigenvalue weighted by molar-refractivity contribution is 0.171. The largest absolute Gasteiger partial charge is 0.383 e. The fourth-order valence-corrected chi connectivity index (χ4v) is 5.03. The molecule has 1 fully saturated rings. The van der Waals surface area contributed by atoms with Gasteiger partial charge in [-0.1, -0.05) is 29.8 Å². The predicted octanol–water partition coefficient (Wildman–Crippen LogP) is 2.69. The molecule has 1 aliphatic rings. The predicted molar refractivity (Wildman–Crippen MR) is 136 cm³/mol. The van der Waals surface area contributed by atoms with Crippen LogP contribution in [-0.2, 0) is 11.3 Å². The number of anilines is 1. The number of piperazine rings is 1. The quantitative estimate of drug-likeness (QED) is 0.441. The summed E-state index contributed by atoms with van der Waals surface area (Å²) in [5.74, 6) is 0.657.